The zero-order valence-electron chi connectivity index (χ0n) is 9.51. The molecule has 1 fully saturated rings. The van der Waals surface area contributed by atoms with Gasteiger partial charge in [0.25, 0.3) is 0 Å². The van der Waals surface area contributed by atoms with E-state index >= 15 is 0 Å². The number of nitrogens with zero attached hydrogens (tertiary/aromatic N) is 2. The highest BCUT2D eigenvalue weighted by atomic mass is 79.9. The first-order valence-electron chi connectivity index (χ1n) is 5.31. The third-order valence-electron chi connectivity index (χ3n) is 2.73. The van der Waals surface area contributed by atoms with Crippen molar-refractivity contribution >= 4 is 58.9 Å². The Hall–Kier alpha value is -0.370. The molecule has 104 valence electrons. The zero-order valence-corrected chi connectivity index (χ0v) is 13.4. The molecule has 0 radical (unpaired) electrons. The van der Waals surface area contributed by atoms with E-state index in [-0.39, 0.29) is 24.0 Å². The minimum absolute atomic E-state index is 0.154. The molecule has 0 N–H and O–H groups in total. The summed E-state index contributed by atoms with van der Waals surface area (Å²) in [6.45, 7) is 0.298. The quantitative estimate of drug-likeness (QED) is 0.590. The molecular formula is C10H9BrCl2N2O3S. The highest BCUT2D eigenvalue weighted by Gasteiger charge is 2.34. The average Bonchev–Trinajstić information content (AvgIpc) is 2.56. The Morgan fingerprint density at radius 3 is 2.74 bits per heavy atom. The Morgan fingerprint density at radius 1 is 1.47 bits per heavy atom. The van der Waals surface area contributed by atoms with Gasteiger partial charge in [0.15, 0.2) is 0 Å². The third kappa shape index (κ3) is 3.81. The first-order chi connectivity index (χ1) is 8.76. The van der Waals surface area contributed by atoms with E-state index in [1.807, 2.05) is 0 Å². The number of halogens is 3. The summed E-state index contributed by atoms with van der Waals surface area (Å²) in [5.41, 5.74) is 0.573. The number of aromatic nitrogens is 1. The summed E-state index contributed by atoms with van der Waals surface area (Å²) >= 11 is 8.97. The second kappa shape index (κ2) is 5.55. The maximum Gasteiger partial charge on any atom is 0.232 e. The molecule has 1 amide bonds. The van der Waals surface area contributed by atoms with Gasteiger partial charge in [0, 0.05) is 29.6 Å². The van der Waals surface area contributed by atoms with Gasteiger partial charge in [-0.15, -0.1) is 0 Å². The van der Waals surface area contributed by atoms with Crippen LogP contribution in [0.1, 0.15) is 6.42 Å². The Bertz CT molecular complexity index is 623. The van der Waals surface area contributed by atoms with Gasteiger partial charge in [0.05, 0.1) is 11.4 Å². The number of anilines is 1. The SMILES string of the molecule is O=C1CC(CS(=O)(=O)Cl)CN1c1ccc(Cl)nc1Br. The summed E-state index contributed by atoms with van der Waals surface area (Å²) in [5, 5.41) is 0.308. The molecule has 0 spiro atoms. The van der Waals surface area contributed by atoms with Crippen molar-refractivity contribution in [2.45, 2.75) is 6.42 Å². The molecule has 5 nitrogen and oxygen atoms in total. The van der Waals surface area contributed by atoms with Gasteiger partial charge in [-0.3, -0.25) is 4.79 Å². The number of rotatable bonds is 3. The smallest absolute Gasteiger partial charge is 0.232 e. The van der Waals surface area contributed by atoms with Crippen LogP contribution in [0.25, 0.3) is 0 Å². The second-order valence-corrected chi connectivity index (χ2v) is 8.18. The summed E-state index contributed by atoms with van der Waals surface area (Å²) in [6, 6.07) is 3.23. The minimum Gasteiger partial charge on any atom is -0.310 e. The highest BCUT2D eigenvalue weighted by molar-refractivity contribution is 9.10. The number of hydrogen-bond acceptors (Lipinski definition) is 4. The number of hydrogen-bond donors (Lipinski definition) is 0. The number of amides is 1. The van der Waals surface area contributed by atoms with Gasteiger partial charge < -0.3 is 4.90 Å². The molecule has 0 saturated carbocycles. The summed E-state index contributed by atoms with van der Waals surface area (Å²) in [7, 11) is 1.60. The normalized spacial score (nSPS) is 20.1. The maximum atomic E-state index is 11.9. The number of carbonyl (C=O) groups excluding carboxylic acids is 1. The van der Waals surface area contributed by atoms with Gasteiger partial charge in [-0.1, -0.05) is 11.6 Å². The topological polar surface area (TPSA) is 67.3 Å². The Balaban J connectivity index is 2.20. The predicted octanol–water partition coefficient (Wildman–Crippen LogP) is 2.42. The first-order valence-corrected chi connectivity index (χ1v) is 8.96. The standard InChI is InChI=1S/C10H9BrCl2N2O3S/c11-10-7(1-2-8(12)14-10)15-4-6(3-9(15)16)5-19(13,17)18/h1-2,6H,3-5H2. The summed E-state index contributed by atoms with van der Waals surface area (Å²) in [6.07, 6.45) is 0.154. The fraction of sp³-hybridized carbons (Fsp3) is 0.400. The van der Waals surface area contributed by atoms with Crippen molar-refractivity contribution in [2.75, 3.05) is 17.2 Å². The van der Waals surface area contributed by atoms with Gasteiger partial charge in [-0.2, -0.15) is 0 Å². The monoisotopic (exact) mass is 386 g/mol. The van der Waals surface area contributed by atoms with Crippen LogP contribution in [0.2, 0.25) is 5.15 Å². The lowest BCUT2D eigenvalue weighted by Gasteiger charge is -2.17. The van der Waals surface area contributed by atoms with Gasteiger partial charge >= 0.3 is 0 Å². The van der Waals surface area contributed by atoms with Crippen LogP contribution in [0.5, 0.6) is 0 Å². The van der Waals surface area contributed by atoms with E-state index in [9.17, 15) is 13.2 Å². The van der Waals surface area contributed by atoms with E-state index in [1.54, 1.807) is 12.1 Å². The molecule has 1 aliphatic rings. The molecule has 1 aliphatic heterocycles. The van der Waals surface area contributed by atoms with Crippen molar-refractivity contribution in [3.8, 4) is 0 Å². The van der Waals surface area contributed by atoms with Crippen LogP contribution in [0.4, 0.5) is 5.69 Å². The van der Waals surface area contributed by atoms with Gasteiger partial charge in [-0.05, 0) is 28.1 Å². The maximum absolute atomic E-state index is 11.9. The van der Waals surface area contributed by atoms with E-state index in [0.717, 1.165) is 0 Å². The minimum atomic E-state index is -3.61. The van der Waals surface area contributed by atoms with Crippen LogP contribution in [0.3, 0.4) is 0 Å². The van der Waals surface area contributed by atoms with Crippen molar-refractivity contribution in [1.82, 2.24) is 4.98 Å². The van der Waals surface area contributed by atoms with Crippen molar-refractivity contribution in [3.05, 3.63) is 21.9 Å². The largest absolute Gasteiger partial charge is 0.310 e. The summed E-state index contributed by atoms with van der Waals surface area (Å²) in [4.78, 5) is 17.4. The van der Waals surface area contributed by atoms with Crippen LogP contribution >= 0.6 is 38.2 Å². The molecule has 0 aliphatic carbocycles. The molecule has 2 rings (SSSR count). The van der Waals surface area contributed by atoms with Crippen molar-refractivity contribution in [3.63, 3.8) is 0 Å². The van der Waals surface area contributed by atoms with E-state index in [0.29, 0.717) is 22.0 Å². The molecule has 1 aromatic heterocycles. The number of carbonyl (C=O) groups is 1. The molecule has 1 saturated heterocycles. The lowest BCUT2D eigenvalue weighted by molar-refractivity contribution is -0.117. The van der Waals surface area contributed by atoms with Crippen LogP contribution in [0.15, 0.2) is 16.7 Å². The molecule has 1 atom stereocenters. The zero-order chi connectivity index (χ0) is 14.2. The van der Waals surface area contributed by atoms with E-state index in [2.05, 4.69) is 20.9 Å². The molecule has 1 aromatic rings. The van der Waals surface area contributed by atoms with Crippen LogP contribution in [0, 0.1) is 5.92 Å². The molecule has 1 unspecified atom stereocenters. The molecule has 9 heteroatoms. The van der Waals surface area contributed by atoms with Crippen LogP contribution in [-0.2, 0) is 13.8 Å². The molecule has 0 aromatic carbocycles. The Morgan fingerprint density at radius 2 is 2.16 bits per heavy atom. The first kappa shape index (κ1) is 15.0. The Labute approximate surface area is 128 Å². The molecule has 19 heavy (non-hydrogen) atoms. The fourth-order valence-electron chi connectivity index (χ4n) is 2.01. The van der Waals surface area contributed by atoms with Crippen molar-refractivity contribution in [2.24, 2.45) is 5.92 Å². The molecular weight excluding hydrogens is 379 g/mol. The van der Waals surface area contributed by atoms with Crippen LogP contribution in [-0.4, -0.2) is 31.6 Å². The third-order valence-corrected chi connectivity index (χ3v) is 4.77. The lowest BCUT2D eigenvalue weighted by atomic mass is 10.1. The van der Waals surface area contributed by atoms with Crippen molar-refractivity contribution in [1.29, 1.82) is 0 Å². The second-order valence-electron chi connectivity index (χ2n) is 4.22. The van der Waals surface area contributed by atoms with Gasteiger partial charge in [0.1, 0.15) is 9.76 Å². The van der Waals surface area contributed by atoms with Crippen LogP contribution < -0.4 is 4.90 Å². The fourth-order valence-corrected chi connectivity index (χ4v) is 4.12. The van der Waals surface area contributed by atoms with Crippen molar-refractivity contribution < 1.29 is 13.2 Å². The van der Waals surface area contributed by atoms with E-state index < -0.39 is 9.05 Å². The summed E-state index contributed by atoms with van der Waals surface area (Å²) in [5.74, 6) is -0.678. The summed E-state index contributed by atoms with van der Waals surface area (Å²) < 4.78 is 22.5. The van der Waals surface area contributed by atoms with E-state index in [4.69, 9.17) is 22.3 Å². The molecule has 2 heterocycles. The Kier molecular flexibility index (Phi) is 4.39. The van der Waals surface area contributed by atoms with E-state index in [1.165, 1.54) is 4.90 Å². The lowest BCUT2D eigenvalue weighted by Crippen LogP contribution is -2.25. The highest BCUT2D eigenvalue weighted by Crippen LogP contribution is 2.32. The van der Waals surface area contributed by atoms with Gasteiger partial charge in [-0.25, -0.2) is 13.4 Å². The van der Waals surface area contributed by atoms with Gasteiger partial charge in [0.2, 0.25) is 15.0 Å². The molecule has 0 bridgehead atoms. The average molecular weight is 388 g/mol. The predicted molar refractivity (Wildman–Crippen MR) is 77.0 cm³/mol. The number of pyridine rings is 1.